The number of nitriles is 1. The number of rotatable bonds is 3. The minimum atomic E-state index is -5.34. The summed E-state index contributed by atoms with van der Waals surface area (Å²) >= 11 is 0. The van der Waals surface area contributed by atoms with Gasteiger partial charge in [0.05, 0.1) is 21.6 Å². The predicted octanol–water partition coefficient (Wildman–Crippen LogP) is 4.17. The molecule has 12 heteroatoms. The summed E-state index contributed by atoms with van der Waals surface area (Å²) in [5, 5.41) is 17.6. The Balaban J connectivity index is 2.28. The molecule has 0 aliphatic carbocycles. The summed E-state index contributed by atoms with van der Waals surface area (Å²) in [7, 11) is -3.47. The van der Waals surface area contributed by atoms with Crippen LogP contribution >= 0.6 is 0 Å². The number of benzene rings is 2. The van der Waals surface area contributed by atoms with Crippen molar-refractivity contribution in [3.63, 3.8) is 0 Å². The molecule has 3 unspecified atom stereocenters. The van der Waals surface area contributed by atoms with Crippen molar-refractivity contribution in [3.05, 3.63) is 64.2 Å². The SMILES string of the molecule is COC(c1cc(C(F)(F)F)c(C#N)c(C(F)(F)F)c1)C1C(O)c2ccccc2S1(=O)=O. The maximum atomic E-state index is 13.4. The Morgan fingerprint density at radius 2 is 1.58 bits per heavy atom. The fourth-order valence-corrected chi connectivity index (χ4v) is 5.82. The maximum Gasteiger partial charge on any atom is 0.417 e. The van der Waals surface area contributed by atoms with Crippen molar-refractivity contribution in [3.8, 4) is 6.07 Å². The fraction of sp³-hybridized carbons (Fsp3) is 0.316. The molecular weight excluding hydrogens is 452 g/mol. The second-order valence-corrected chi connectivity index (χ2v) is 8.82. The van der Waals surface area contributed by atoms with E-state index in [0.717, 1.165) is 13.2 Å². The van der Waals surface area contributed by atoms with Crippen LogP contribution in [-0.4, -0.2) is 25.9 Å². The van der Waals surface area contributed by atoms with Crippen molar-refractivity contribution in [2.45, 2.75) is 34.7 Å². The van der Waals surface area contributed by atoms with Gasteiger partial charge in [0.15, 0.2) is 9.84 Å². The molecule has 1 aliphatic heterocycles. The van der Waals surface area contributed by atoms with Gasteiger partial charge in [-0.25, -0.2) is 8.42 Å². The average molecular weight is 465 g/mol. The number of alkyl halides is 6. The van der Waals surface area contributed by atoms with Crippen LogP contribution in [0.1, 0.15) is 40.0 Å². The number of fused-ring (bicyclic) bond motifs is 1. The number of aliphatic hydroxyl groups is 1. The lowest BCUT2D eigenvalue weighted by Crippen LogP contribution is -2.31. The van der Waals surface area contributed by atoms with E-state index in [2.05, 4.69) is 0 Å². The first-order valence-electron chi connectivity index (χ1n) is 8.51. The summed E-state index contributed by atoms with van der Waals surface area (Å²) in [6.45, 7) is 0. The number of aliphatic hydroxyl groups excluding tert-OH is 1. The third-order valence-corrected chi connectivity index (χ3v) is 7.18. The standard InChI is InChI=1S/C19H13F6NO4S/c1-30-16(17-15(27)10-4-2-3-5-14(10)31(17,28)29)9-6-12(18(20,21)22)11(8-26)13(7-9)19(23,24)25/h2-7,15-17,27H,1H3. The van der Waals surface area contributed by atoms with Crippen LogP contribution in [0.25, 0.3) is 0 Å². The molecule has 1 N–H and O–H groups in total. The van der Waals surface area contributed by atoms with Crippen molar-refractivity contribution in [1.29, 1.82) is 5.26 Å². The topological polar surface area (TPSA) is 87.4 Å². The highest BCUT2D eigenvalue weighted by molar-refractivity contribution is 7.92. The highest BCUT2D eigenvalue weighted by atomic mass is 32.2. The van der Waals surface area contributed by atoms with Crippen molar-refractivity contribution < 1.29 is 44.6 Å². The maximum absolute atomic E-state index is 13.4. The zero-order valence-corrected chi connectivity index (χ0v) is 16.3. The van der Waals surface area contributed by atoms with E-state index in [1.807, 2.05) is 0 Å². The van der Waals surface area contributed by atoms with Crippen molar-refractivity contribution in [2.75, 3.05) is 7.11 Å². The summed E-state index contributed by atoms with van der Waals surface area (Å²) in [4.78, 5) is -0.296. The van der Waals surface area contributed by atoms with Gasteiger partial charge in [-0.3, -0.25) is 0 Å². The van der Waals surface area contributed by atoms with Crippen LogP contribution in [0.15, 0.2) is 41.3 Å². The number of ether oxygens (including phenoxy) is 1. The van der Waals surface area contributed by atoms with Crippen LogP contribution in [-0.2, 0) is 26.9 Å². The van der Waals surface area contributed by atoms with E-state index in [1.165, 1.54) is 24.3 Å². The molecule has 2 aromatic rings. The van der Waals surface area contributed by atoms with Gasteiger partial charge in [0.2, 0.25) is 0 Å². The lowest BCUT2D eigenvalue weighted by molar-refractivity contribution is -0.143. The van der Waals surface area contributed by atoms with E-state index in [0.29, 0.717) is 0 Å². The lowest BCUT2D eigenvalue weighted by Gasteiger charge is -2.26. The predicted molar refractivity (Wildman–Crippen MR) is 93.3 cm³/mol. The van der Waals surface area contributed by atoms with E-state index >= 15 is 0 Å². The third-order valence-electron chi connectivity index (χ3n) is 4.98. The van der Waals surface area contributed by atoms with E-state index in [-0.39, 0.29) is 22.6 Å². The normalized spacial score (nSPS) is 21.4. The minimum Gasteiger partial charge on any atom is -0.387 e. The Hall–Kier alpha value is -2.62. The molecule has 3 atom stereocenters. The van der Waals surface area contributed by atoms with Gasteiger partial charge in [-0.2, -0.15) is 31.6 Å². The second-order valence-electron chi connectivity index (χ2n) is 6.75. The van der Waals surface area contributed by atoms with Crippen LogP contribution in [0.4, 0.5) is 26.3 Å². The molecule has 0 aromatic heterocycles. The molecule has 0 fully saturated rings. The van der Waals surface area contributed by atoms with Crippen LogP contribution in [0.5, 0.6) is 0 Å². The number of sulfone groups is 1. The first kappa shape index (κ1) is 23.1. The fourth-order valence-electron chi connectivity index (χ4n) is 3.66. The van der Waals surface area contributed by atoms with E-state index < -0.39 is 61.9 Å². The van der Waals surface area contributed by atoms with Gasteiger partial charge in [0, 0.05) is 12.7 Å². The van der Waals surface area contributed by atoms with Crippen molar-refractivity contribution >= 4 is 9.84 Å². The van der Waals surface area contributed by atoms with Gasteiger partial charge in [-0.05, 0) is 23.8 Å². The van der Waals surface area contributed by atoms with E-state index in [4.69, 9.17) is 10.00 Å². The summed E-state index contributed by atoms with van der Waals surface area (Å²) in [5.74, 6) is 0. The summed E-state index contributed by atoms with van der Waals surface area (Å²) in [6.07, 6.45) is -14.3. The number of nitrogens with zero attached hydrogens (tertiary/aromatic N) is 1. The van der Waals surface area contributed by atoms with Crippen LogP contribution in [0, 0.1) is 11.3 Å². The summed E-state index contributed by atoms with van der Waals surface area (Å²) in [6, 6.07) is 6.64. The number of hydrogen-bond acceptors (Lipinski definition) is 5. The molecule has 0 radical (unpaired) electrons. The Morgan fingerprint density at radius 1 is 1.06 bits per heavy atom. The van der Waals surface area contributed by atoms with Crippen molar-refractivity contribution in [2.24, 2.45) is 0 Å². The Kier molecular flexibility index (Phi) is 5.58. The number of halogens is 6. The van der Waals surface area contributed by atoms with Gasteiger partial charge in [-0.15, -0.1) is 0 Å². The molecule has 0 saturated carbocycles. The van der Waals surface area contributed by atoms with Gasteiger partial charge in [0.1, 0.15) is 23.5 Å². The molecule has 3 rings (SSSR count). The zero-order valence-electron chi connectivity index (χ0n) is 15.5. The monoisotopic (exact) mass is 465 g/mol. The van der Waals surface area contributed by atoms with Gasteiger partial charge < -0.3 is 9.84 Å². The Bertz CT molecular complexity index is 1130. The Morgan fingerprint density at radius 3 is 2.00 bits per heavy atom. The highest BCUT2D eigenvalue weighted by Crippen LogP contribution is 2.48. The molecule has 0 saturated heterocycles. The lowest BCUT2D eigenvalue weighted by atomic mass is 9.92. The highest BCUT2D eigenvalue weighted by Gasteiger charge is 2.50. The largest absolute Gasteiger partial charge is 0.417 e. The quantitative estimate of drug-likeness (QED) is 0.688. The van der Waals surface area contributed by atoms with E-state index in [1.54, 1.807) is 0 Å². The van der Waals surface area contributed by atoms with E-state index in [9.17, 15) is 39.9 Å². The molecule has 166 valence electrons. The van der Waals surface area contributed by atoms with Crippen LogP contribution in [0.2, 0.25) is 0 Å². The zero-order chi connectivity index (χ0) is 23.4. The molecule has 5 nitrogen and oxygen atoms in total. The first-order chi connectivity index (χ1) is 14.2. The number of hydrogen-bond donors (Lipinski definition) is 1. The van der Waals surface area contributed by atoms with Gasteiger partial charge >= 0.3 is 12.4 Å². The second kappa shape index (κ2) is 7.51. The molecule has 1 heterocycles. The molecule has 1 aliphatic rings. The van der Waals surface area contributed by atoms with Gasteiger partial charge in [0.25, 0.3) is 0 Å². The van der Waals surface area contributed by atoms with Crippen molar-refractivity contribution in [1.82, 2.24) is 0 Å². The summed E-state index contributed by atoms with van der Waals surface area (Å²) in [5.41, 5.74) is -6.25. The molecule has 0 amide bonds. The first-order valence-corrected chi connectivity index (χ1v) is 10.1. The molecule has 0 bridgehead atoms. The van der Waals surface area contributed by atoms with Gasteiger partial charge in [-0.1, -0.05) is 18.2 Å². The molecule has 0 spiro atoms. The Labute approximate surface area is 172 Å². The van der Waals surface area contributed by atoms with Crippen LogP contribution in [0.3, 0.4) is 0 Å². The smallest absolute Gasteiger partial charge is 0.387 e. The minimum absolute atomic E-state index is 0.0460. The molecular formula is C19H13F6NO4S. The van der Waals surface area contributed by atoms with Crippen LogP contribution < -0.4 is 0 Å². The number of methoxy groups -OCH3 is 1. The molecule has 31 heavy (non-hydrogen) atoms. The average Bonchev–Trinajstić information content (AvgIpc) is 2.88. The summed E-state index contributed by atoms with van der Waals surface area (Å²) < 4.78 is 112. The molecule has 2 aromatic carbocycles. The third kappa shape index (κ3) is 3.77.